The van der Waals surface area contributed by atoms with Gasteiger partial charge >= 0.3 is 0 Å². The van der Waals surface area contributed by atoms with Crippen LogP contribution in [0.1, 0.15) is 5.56 Å². The number of rotatable bonds is 1. The van der Waals surface area contributed by atoms with E-state index in [1.807, 2.05) is 0 Å². The van der Waals surface area contributed by atoms with Crippen LogP contribution in [0.4, 0.5) is 4.39 Å². The highest BCUT2D eigenvalue weighted by Crippen LogP contribution is 2.27. The minimum absolute atomic E-state index is 0.213. The van der Waals surface area contributed by atoms with E-state index in [0.29, 0.717) is 13.7 Å². The lowest BCUT2D eigenvalue weighted by atomic mass is 10.2. The molecule has 0 atom stereocenters. The van der Waals surface area contributed by atoms with Gasteiger partial charge in [-0.3, -0.25) is 4.79 Å². The molecule has 1 amide bonds. The van der Waals surface area contributed by atoms with Crippen LogP contribution >= 0.6 is 39.9 Å². The van der Waals surface area contributed by atoms with Crippen LogP contribution in [-0.4, -0.2) is 10.2 Å². The lowest BCUT2D eigenvalue weighted by Crippen LogP contribution is -2.17. The van der Waals surface area contributed by atoms with Crippen LogP contribution in [0.5, 0.6) is 0 Å². The summed E-state index contributed by atoms with van der Waals surface area (Å²) < 4.78 is 13.8. The molecule has 0 saturated carbocycles. The first-order chi connectivity index (χ1) is 7.56. The maximum atomic E-state index is 13.0. The summed E-state index contributed by atoms with van der Waals surface area (Å²) in [5.74, 6) is -0.545. The van der Waals surface area contributed by atoms with Gasteiger partial charge in [-0.2, -0.15) is 0 Å². The minimum Gasteiger partial charge on any atom is -0.307 e. The predicted molar refractivity (Wildman–Crippen MR) is 70.4 cm³/mol. The van der Waals surface area contributed by atoms with Gasteiger partial charge in [0.1, 0.15) is 10.1 Å². The summed E-state index contributed by atoms with van der Waals surface area (Å²) in [6.07, 6.45) is 1.67. The summed E-state index contributed by atoms with van der Waals surface area (Å²) in [5.41, 5.74) is 0.746. The molecule has 2 nitrogen and oxygen atoms in total. The first kappa shape index (κ1) is 11.8. The van der Waals surface area contributed by atoms with Crippen LogP contribution in [-0.2, 0) is 4.79 Å². The fourth-order valence-electron chi connectivity index (χ4n) is 1.17. The van der Waals surface area contributed by atoms with Crippen LogP contribution in [0.25, 0.3) is 6.08 Å². The third-order valence-corrected chi connectivity index (χ3v) is 3.65. The molecule has 1 aromatic carbocycles. The Labute approximate surface area is 109 Å². The molecule has 0 bridgehead atoms. The van der Waals surface area contributed by atoms with Gasteiger partial charge < -0.3 is 5.32 Å². The van der Waals surface area contributed by atoms with Crippen molar-refractivity contribution in [1.29, 1.82) is 0 Å². The average Bonchev–Trinajstić information content (AvgIpc) is 2.51. The van der Waals surface area contributed by atoms with E-state index in [1.54, 1.807) is 18.2 Å². The van der Waals surface area contributed by atoms with Crippen molar-refractivity contribution in [3.63, 3.8) is 0 Å². The third-order valence-electron chi connectivity index (χ3n) is 1.88. The number of amides is 1. The van der Waals surface area contributed by atoms with Crippen LogP contribution in [0.3, 0.4) is 0 Å². The van der Waals surface area contributed by atoms with Gasteiger partial charge in [0.05, 0.1) is 9.38 Å². The molecule has 16 heavy (non-hydrogen) atoms. The van der Waals surface area contributed by atoms with E-state index in [9.17, 15) is 9.18 Å². The second-order valence-corrected chi connectivity index (χ2v) is 5.60. The molecule has 0 unspecified atom stereocenters. The number of halogens is 2. The highest BCUT2D eigenvalue weighted by molar-refractivity contribution is 9.10. The van der Waals surface area contributed by atoms with Crippen LogP contribution < -0.4 is 5.32 Å². The van der Waals surface area contributed by atoms with Gasteiger partial charge in [-0.1, -0.05) is 30.0 Å². The van der Waals surface area contributed by atoms with E-state index in [0.717, 1.165) is 5.56 Å². The van der Waals surface area contributed by atoms with Crippen molar-refractivity contribution < 1.29 is 9.18 Å². The first-order valence-electron chi connectivity index (χ1n) is 4.26. The van der Waals surface area contributed by atoms with Crippen LogP contribution in [0.2, 0.25) is 0 Å². The molecule has 6 heteroatoms. The molecule has 82 valence electrons. The van der Waals surface area contributed by atoms with Gasteiger partial charge in [-0.25, -0.2) is 4.39 Å². The Morgan fingerprint density at radius 3 is 2.81 bits per heavy atom. The van der Waals surface area contributed by atoms with Crippen LogP contribution in [0, 0.1) is 5.82 Å². The van der Waals surface area contributed by atoms with Gasteiger partial charge in [0, 0.05) is 0 Å². The molecule has 1 heterocycles. The smallest absolute Gasteiger partial charge is 0.263 e. The normalized spacial score (nSPS) is 18.0. The summed E-state index contributed by atoms with van der Waals surface area (Å²) in [6.45, 7) is 0. The summed E-state index contributed by atoms with van der Waals surface area (Å²) >= 11 is 9.14. The Bertz CT molecular complexity index is 516. The molecule has 1 aliphatic heterocycles. The first-order valence-corrected chi connectivity index (χ1v) is 6.28. The van der Waals surface area contributed by atoms with Gasteiger partial charge in [-0.15, -0.1) is 0 Å². The molecule has 0 aromatic heterocycles. The lowest BCUT2D eigenvalue weighted by Gasteiger charge is -1.97. The van der Waals surface area contributed by atoms with Crippen molar-refractivity contribution in [3.05, 3.63) is 39.0 Å². The average molecular weight is 318 g/mol. The summed E-state index contributed by atoms with van der Waals surface area (Å²) in [6, 6.07) is 4.55. The Morgan fingerprint density at radius 1 is 1.50 bits per heavy atom. The zero-order chi connectivity index (χ0) is 11.7. The standard InChI is InChI=1S/C10H5BrFNOS2/c11-6-3-5(1-2-7(6)12)4-8-9(14)13-10(15)16-8/h1-4H,(H,13,14,15). The molecule has 2 rings (SSSR count). The Morgan fingerprint density at radius 2 is 2.25 bits per heavy atom. The SMILES string of the molecule is O=C1NC(=S)SC1=Cc1ccc(F)c(Br)c1. The quantitative estimate of drug-likeness (QED) is 0.637. The number of carbonyl (C=O) groups excluding carboxylic acids is 1. The number of carbonyl (C=O) groups is 1. The molecular weight excluding hydrogens is 313 g/mol. The number of benzene rings is 1. The Kier molecular flexibility index (Phi) is 3.41. The molecule has 1 saturated heterocycles. The molecule has 1 aliphatic rings. The van der Waals surface area contributed by atoms with Crippen molar-refractivity contribution >= 4 is 56.2 Å². The molecule has 0 aliphatic carbocycles. The number of nitrogens with one attached hydrogen (secondary N) is 1. The van der Waals surface area contributed by atoms with Crippen molar-refractivity contribution in [2.75, 3.05) is 0 Å². The maximum Gasteiger partial charge on any atom is 0.263 e. The van der Waals surface area contributed by atoms with Gasteiger partial charge in [-0.05, 0) is 39.7 Å². The second kappa shape index (κ2) is 4.65. The predicted octanol–water partition coefficient (Wildman–Crippen LogP) is 3.08. The monoisotopic (exact) mass is 317 g/mol. The van der Waals surface area contributed by atoms with E-state index in [-0.39, 0.29) is 11.7 Å². The number of hydrogen-bond donors (Lipinski definition) is 1. The van der Waals surface area contributed by atoms with E-state index < -0.39 is 0 Å². The van der Waals surface area contributed by atoms with E-state index in [4.69, 9.17) is 12.2 Å². The summed E-state index contributed by atoms with van der Waals surface area (Å²) in [4.78, 5) is 11.9. The summed E-state index contributed by atoms with van der Waals surface area (Å²) in [7, 11) is 0. The minimum atomic E-state index is -0.332. The number of thioether (sulfide) groups is 1. The van der Waals surface area contributed by atoms with E-state index >= 15 is 0 Å². The van der Waals surface area contributed by atoms with Crippen molar-refractivity contribution in [2.45, 2.75) is 0 Å². The lowest BCUT2D eigenvalue weighted by molar-refractivity contribution is -0.115. The zero-order valence-electron chi connectivity index (χ0n) is 7.79. The highest BCUT2D eigenvalue weighted by Gasteiger charge is 2.21. The van der Waals surface area contributed by atoms with Gasteiger partial charge in [0.15, 0.2) is 0 Å². The second-order valence-electron chi connectivity index (χ2n) is 3.03. The summed E-state index contributed by atoms with van der Waals surface area (Å²) in [5, 5.41) is 2.51. The van der Waals surface area contributed by atoms with Gasteiger partial charge in [0.2, 0.25) is 0 Å². The highest BCUT2D eigenvalue weighted by atomic mass is 79.9. The van der Waals surface area contributed by atoms with E-state index in [2.05, 4.69) is 21.2 Å². The molecule has 0 spiro atoms. The van der Waals surface area contributed by atoms with E-state index in [1.165, 1.54) is 17.8 Å². The number of thiocarbonyl (C=S) groups is 1. The fraction of sp³-hybridized carbons (Fsp3) is 0. The Balaban J connectivity index is 2.32. The maximum absolute atomic E-state index is 13.0. The van der Waals surface area contributed by atoms with Crippen LogP contribution in [0.15, 0.2) is 27.6 Å². The molecular formula is C10H5BrFNOS2. The molecule has 1 aromatic rings. The zero-order valence-corrected chi connectivity index (χ0v) is 11.0. The molecule has 1 fully saturated rings. The topological polar surface area (TPSA) is 29.1 Å². The van der Waals surface area contributed by atoms with Crippen molar-refractivity contribution in [2.24, 2.45) is 0 Å². The van der Waals surface area contributed by atoms with Crippen molar-refractivity contribution in [1.82, 2.24) is 5.32 Å². The molecule has 0 radical (unpaired) electrons. The third kappa shape index (κ3) is 2.50. The largest absolute Gasteiger partial charge is 0.307 e. The fourth-order valence-corrected chi connectivity index (χ4v) is 2.62. The number of hydrogen-bond acceptors (Lipinski definition) is 3. The molecule has 1 N–H and O–H groups in total. The van der Waals surface area contributed by atoms with Crippen molar-refractivity contribution in [3.8, 4) is 0 Å². The Hall–Kier alpha value is -0.720. The van der Waals surface area contributed by atoms with Gasteiger partial charge in [0.25, 0.3) is 5.91 Å².